The minimum Gasteiger partial charge on any atom is -0.488 e. The average molecular weight is 526 g/mol. The number of nitrogens with zero attached hydrogens (tertiary/aromatic N) is 4. The summed E-state index contributed by atoms with van der Waals surface area (Å²) in [6.07, 6.45) is 4.82. The van der Waals surface area contributed by atoms with Crippen molar-refractivity contribution in [2.24, 2.45) is 4.99 Å². The first-order valence-electron chi connectivity index (χ1n) is 13.0. The molecule has 4 aromatic rings. The molecule has 3 aliphatic rings. The summed E-state index contributed by atoms with van der Waals surface area (Å²) in [6, 6.07) is 15.9. The number of nitriles is 1. The van der Waals surface area contributed by atoms with Gasteiger partial charge >= 0.3 is 0 Å². The van der Waals surface area contributed by atoms with E-state index in [1.807, 2.05) is 36.5 Å². The molecule has 3 aliphatic heterocycles. The molecule has 0 bridgehead atoms. The zero-order valence-electron chi connectivity index (χ0n) is 21.0. The van der Waals surface area contributed by atoms with Gasteiger partial charge in [-0.3, -0.25) is 4.90 Å². The highest BCUT2D eigenvalue weighted by Gasteiger charge is 2.36. The fourth-order valence-electron chi connectivity index (χ4n) is 6.15. The lowest BCUT2D eigenvalue weighted by molar-refractivity contribution is 0.0128. The van der Waals surface area contributed by atoms with Crippen LogP contribution in [0.4, 0.5) is 8.78 Å². The second-order valence-electron chi connectivity index (χ2n) is 10.2. The van der Waals surface area contributed by atoms with Gasteiger partial charge in [0.05, 0.1) is 30.3 Å². The van der Waals surface area contributed by atoms with Crippen molar-refractivity contribution in [3.63, 3.8) is 0 Å². The van der Waals surface area contributed by atoms with Gasteiger partial charge in [-0.15, -0.1) is 4.99 Å². The van der Waals surface area contributed by atoms with Crippen LogP contribution in [0.1, 0.15) is 34.7 Å². The third kappa shape index (κ3) is 4.13. The largest absolute Gasteiger partial charge is 0.488 e. The second-order valence-corrected chi connectivity index (χ2v) is 10.2. The number of imidazole rings is 1. The van der Waals surface area contributed by atoms with Gasteiger partial charge < -0.3 is 19.0 Å². The number of morpholine rings is 1. The third-order valence-electron chi connectivity index (χ3n) is 7.94. The van der Waals surface area contributed by atoms with Crippen LogP contribution < -0.4 is 10.4 Å². The van der Waals surface area contributed by atoms with Crippen LogP contribution in [0.3, 0.4) is 0 Å². The number of nitrogens with one attached hydrogen (secondary N) is 1. The van der Waals surface area contributed by atoms with Crippen LogP contribution >= 0.6 is 0 Å². The van der Waals surface area contributed by atoms with Crippen molar-refractivity contribution in [2.75, 3.05) is 26.3 Å². The van der Waals surface area contributed by atoms with Crippen LogP contribution in [0.5, 0.6) is 5.75 Å². The Morgan fingerprint density at radius 1 is 1.08 bits per heavy atom. The summed E-state index contributed by atoms with van der Waals surface area (Å²) in [6.45, 7) is 3.25. The summed E-state index contributed by atoms with van der Waals surface area (Å²) < 4.78 is 42.5. The molecular weight excluding hydrogens is 500 g/mol. The van der Waals surface area contributed by atoms with Gasteiger partial charge in [-0.1, -0.05) is 18.2 Å². The van der Waals surface area contributed by atoms with Crippen molar-refractivity contribution < 1.29 is 18.3 Å². The molecule has 0 radical (unpaired) electrons. The number of rotatable bonds is 2. The summed E-state index contributed by atoms with van der Waals surface area (Å²) in [5.74, 6) is -0.415. The van der Waals surface area contributed by atoms with Crippen LogP contribution in [0.25, 0.3) is 22.7 Å². The monoisotopic (exact) mass is 525 g/mol. The number of hydrogen-bond donors (Lipinski definition) is 1. The molecule has 0 aliphatic carbocycles. The molecule has 1 N–H and O–H groups in total. The molecule has 2 saturated heterocycles. The number of aromatic nitrogens is 2. The molecule has 1 aromatic heterocycles. The first-order chi connectivity index (χ1) is 19.1. The van der Waals surface area contributed by atoms with Crippen molar-refractivity contribution >= 4 is 22.7 Å². The Bertz CT molecular complexity index is 1730. The van der Waals surface area contributed by atoms with Gasteiger partial charge in [0.15, 0.2) is 0 Å². The Morgan fingerprint density at radius 2 is 2.00 bits per heavy atom. The van der Waals surface area contributed by atoms with E-state index in [-0.39, 0.29) is 18.5 Å². The van der Waals surface area contributed by atoms with E-state index in [1.54, 1.807) is 12.1 Å². The Labute approximate surface area is 223 Å². The SMILES string of the molecule is N#C/N=c1\[nH]c2cc(/C=C3/c4ccc(F)cc4OCc4c(F)cccc43)ccc2n1C1C[C@@H]2COCCN2C1. The lowest BCUT2D eigenvalue weighted by Gasteiger charge is -2.28. The van der Waals surface area contributed by atoms with Crippen LogP contribution in [0, 0.1) is 23.1 Å². The molecular formula is C30H25F2N5O2. The Kier molecular flexibility index (Phi) is 5.80. The van der Waals surface area contributed by atoms with Gasteiger partial charge in [0, 0.05) is 36.3 Å². The van der Waals surface area contributed by atoms with Gasteiger partial charge in [0.1, 0.15) is 24.0 Å². The number of hydrogen-bond acceptors (Lipinski definition) is 5. The van der Waals surface area contributed by atoms with Crippen molar-refractivity contribution in [2.45, 2.75) is 25.1 Å². The Morgan fingerprint density at radius 3 is 2.87 bits per heavy atom. The molecule has 1 unspecified atom stereocenters. The van der Waals surface area contributed by atoms with Crippen LogP contribution in [-0.2, 0) is 11.3 Å². The maximum atomic E-state index is 14.8. The lowest BCUT2D eigenvalue weighted by Crippen LogP contribution is -2.40. The smallest absolute Gasteiger partial charge is 0.219 e. The maximum absolute atomic E-state index is 14.8. The topological polar surface area (TPSA) is 78.6 Å². The van der Waals surface area contributed by atoms with Crippen LogP contribution in [0.15, 0.2) is 59.6 Å². The van der Waals surface area contributed by atoms with E-state index in [0.717, 1.165) is 54.9 Å². The third-order valence-corrected chi connectivity index (χ3v) is 7.94. The highest BCUT2D eigenvalue weighted by molar-refractivity contribution is 5.95. The number of aromatic amines is 1. The molecule has 2 atom stereocenters. The standard InChI is InChI=1S/C30H25F2N5O2/c31-19-5-6-23-24(22-2-1-3-26(32)25(22)16-39-29(23)12-19)10-18-4-7-28-27(11-18)35-30(34-17-33)37(28)20-13-21-15-38-9-8-36(21)14-20/h1-7,10-12,20-21H,8-9,13-16H2,(H,34,35)/b24-10+/t20?,21-/m1/s1. The first kappa shape index (κ1) is 23.8. The van der Waals surface area contributed by atoms with Gasteiger partial charge in [0.25, 0.3) is 0 Å². The van der Waals surface area contributed by atoms with Gasteiger partial charge in [-0.05, 0) is 59.5 Å². The molecule has 0 saturated carbocycles. The number of fused-ring (bicyclic) bond motifs is 4. The molecule has 0 spiro atoms. The molecule has 3 aromatic carbocycles. The van der Waals surface area contributed by atoms with Crippen molar-refractivity contribution in [1.82, 2.24) is 14.5 Å². The minimum absolute atomic E-state index is 0.00886. The van der Waals surface area contributed by atoms with E-state index in [4.69, 9.17) is 9.47 Å². The van der Waals surface area contributed by atoms with E-state index in [9.17, 15) is 14.0 Å². The summed E-state index contributed by atoms with van der Waals surface area (Å²) in [5, 5.41) is 9.38. The maximum Gasteiger partial charge on any atom is 0.219 e. The molecule has 4 heterocycles. The molecule has 7 rings (SSSR count). The fraction of sp³-hybridized carbons (Fsp3) is 0.267. The minimum atomic E-state index is -0.416. The molecule has 196 valence electrons. The number of halogens is 2. The normalized spacial score (nSPS) is 22.2. The fourth-order valence-corrected chi connectivity index (χ4v) is 6.15. The molecule has 2 fully saturated rings. The highest BCUT2D eigenvalue weighted by atomic mass is 19.1. The predicted octanol–water partition coefficient (Wildman–Crippen LogP) is 4.76. The Balaban J connectivity index is 1.36. The summed E-state index contributed by atoms with van der Waals surface area (Å²) in [5.41, 5.74) is 5.72. The molecule has 9 heteroatoms. The van der Waals surface area contributed by atoms with Crippen molar-refractivity contribution in [1.29, 1.82) is 5.26 Å². The number of ether oxygens (including phenoxy) is 2. The van der Waals surface area contributed by atoms with E-state index in [0.29, 0.717) is 34.1 Å². The molecule has 7 nitrogen and oxygen atoms in total. The Hall–Kier alpha value is -4.26. The van der Waals surface area contributed by atoms with Crippen molar-refractivity contribution in [3.05, 3.63) is 94.1 Å². The number of benzene rings is 3. The summed E-state index contributed by atoms with van der Waals surface area (Å²) in [4.78, 5) is 9.87. The lowest BCUT2D eigenvalue weighted by atomic mass is 9.92. The van der Waals surface area contributed by atoms with E-state index >= 15 is 0 Å². The molecule has 0 amide bonds. The average Bonchev–Trinajstić information content (AvgIpc) is 3.47. The van der Waals surface area contributed by atoms with Gasteiger partial charge in [-0.25, -0.2) is 8.78 Å². The van der Waals surface area contributed by atoms with E-state index < -0.39 is 5.82 Å². The molecule has 39 heavy (non-hydrogen) atoms. The predicted molar refractivity (Wildman–Crippen MR) is 141 cm³/mol. The second kappa shape index (κ2) is 9.49. The number of H-pyrrole nitrogens is 1. The van der Waals surface area contributed by atoms with Crippen LogP contribution in [0.2, 0.25) is 0 Å². The van der Waals surface area contributed by atoms with E-state index in [1.165, 1.54) is 18.2 Å². The zero-order valence-corrected chi connectivity index (χ0v) is 21.0. The summed E-state index contributed by atoms with van der Waals surface area (Å²) >= 11 is 0. The van der Waals surface area contributed by atoms with Crippen LogP contribution in [-0.4, -0.2) is 46.8 Å². The van der Waals surface area contributed by atoms with Gasteiger partial charge in [-0.2, -0.15) is 5.26 Å². The van der Waals surface area contributed by atoms with E-state index in [2.05, 4.69) is 19.4 Å². The zero-order chi connectivity index (χ0) is 26.5. The highest BCUT2D eigenvalue weighted by Crippen LogP contribution is 2.39. The summed E-state index contributed by atoms with van der Waals surface area (Å²) in [7, 11) is 0. The quantitative estimate of drug-likeness (QED) is 0.383. The van der Waals surface area contributed by atoms with Crippen molar-refractivity contribution in [3.8, 4) is 11.9 Å². The van der Waals surface area contributed by atoms with Gasteiger partial charge in [0.2, 0.25) is 11.8 Å². The first-order valence-corrected chi connectivity index (χ1v) is 13.0.